The Hall–Kier alpha value is 0. The van der Waals surface area contributed by atoms with Crippen molar-refractivity contribution >= 4 is 0 Å². The van der Waals surface area contributed by atoms with Gasteiger partial charge in [-0.3, -0.25) is 0 Å². The Labute approximate surface area is 115 Å². The molecule has 0 amide bonds. The van der Waals surface area contributed by atoms with Crippen LogP contribution in [0.5, 0.6) is 0 Å². The molecule has 2 aliphatic carbocycles. The van der Waals surface area contributed by atoms with Gasteiger partial charge in [0, 0.05) is 0 Å². The quantitative estimate of drug-likeness (QED) is 0.501. The fraction of sp³-hybridized carbons (Fsp3) is 1.00. The minimum atomic E-state index is 0.485. The van der Waals surface area contributed by atoms with Crippen LogP contribution in [0.1, 0.15) is 80.1 Å². The van der Waals surface area contributed by atoms with Gasteiger partial charge in [0.15, 0.2) is 0 Å². The maximum atomic E-state index is 2.49. The van der Waals surface area contributed by atoms with Crippen LogP contribution in [0.2, 0.25) is 0 Å². The third kappa shape index (κ3) is 2.78. The van der Waals surface area contributed by atoms with E-state index in [-0.39, 0.29) is 0 Å². The van der Waals surface area contributed by atoms with Crippen molar-refractivity contribution in [2.24, 2.45) is 34.5 Å². The summed E-state index contributed by atoms with van der Waals surface area (Å²) in [5, 5.41) is 0. The summed E-state index contributed by atoms with van der Waals surface area (Å²) in [6.07, 6.45) is 9.02. The van der Waals surface area contributed by atoms with Gasteiger partial charge in [0.25, 0.3) is 0 Å². The monoisotopic (exact) mass is 250 g/mol. The Kier molecular flexibility index (Phi) is 3.87. The van der Waals surface area contributed by atoms with Crippen LogP contribution in [0, 0.1) is 34.5 Å². The third-order valence-corrected chi connectivity index (χ3v) is 5.82. The van der Waals surface area contributed by atoms with E-state index >= 15 is 0 Å². The molecule has 0 N–H and O–H groups in total. The molecule has 0 aromatic heterocycles. The predicted molar refractivity (Wildman–Crippen MR) is 80.6 cm³/mol. The Balaban J connectivity index is 2.28. The van der Waals surface area contributed by atoms with E-state index in [4.69, 9.17) is 0 Å². The van der Waals surface area contributed by atoms with Gasteiger partial charge in [0.1, 0.15) is 0 Å². The van der Waals surface area contributed by atoms with Crippen molar-refractivity contribution in [1.82, 2.24) is 0 Å². The fourth-order valence-corrected chi connectivity index (χ4v) is 5.16. The number of rotatable bonds is 0. The summed E-state index contributed by atoms with van der Waals surface area (Å²) in [6, 6.07) is 0. The summed E-state index contributed by atoms with van der Waals surface area (Å²) in [5.41, 5.74) is 0.971. The van der Waals surface area contributed by atoms with Gasteiger partial charge in [-0.25, -0.2) is 0 Å². The third-order valence-electron chi connectivity index (χ3n) is 5.82. The lowest BCUT2D eigenvalue weighted by molar-refractivity contribution is -0.0547. The Morgan fingerprint density at radius 3 is 1.83 bits per heavy atom. The van der Waals surface area contributed by atoms with Crippen LogP contribution in [-0.2, 0) is 0 Å². The van der Waals surface area contributed by atoms with E-state index in [2.05, 4.69) is 41.5 Å². The maximum Gasteiger partial charge on any atom is -0.0301 e. The van der Waals surface area contributed by atoms with Gasteiger partial charge < -0.3 is 0 Å². The molecule has 18 heavy (non-hydrogen) atoms. The molecule has 0 radical (unpaired) electrons. The second kappa shape index (κ2) is 4.84. The summed E-state index contributed by atoms with van der Waals surface area (Å²) in [6.45, 7) is 14.9. The largest absolute Gasteiger partial charge is 0.0599 e. The smallest absolute Gasteiger partial charge is 0.0301 e. The summed E-state index contributed by atoms with van der Waals surface area (Å²) in [7, 11) is 0. The molecule has 2 fully saturated rings. The van der Waals surface area contributed by atoms with Gasteiger partial charge in [-0.2, -0.15) is 0 Å². The molecule has 0 heterocycles. The van der Waals surface area contributed by atoms with Gasteiger partial charge in [-0.05, 0) is 53.8 Å². The molecule has 2 saturated carbocycles. The van der Waals surface area contributed by atoms with E-state index in [9.17, 15) is 0 Å². The van der Waals surface area contributed by atoms with Crippen molar-refractivity contribution in [2.45, 2.75) is 80.1 Å². The molecule has 0 aromatic rings. The minimum absolute atomic E-state index is 0.485. The molecule has 0 aromatic carbocycles. The second-order valence-electron chi connectivity index (χ2n) is 9.15. The van der Waals surface area contributed by atoms with Crippen LogP contribution >= 0.6 is 0 Å². The van der Waals surface area contributed by atoms with Crippen LogP contribution in [0.25, 0.3) is 0 Å². The number of hydrogen-bond donors (Lipinski definition) is 0. The van der Waals surface area contributed by atoms with E-state index in [1.54, 1.807) is 0 Å². The van der Waals surface area contributed by atoms with Crippen molar-refractivity contribution in [3.63, 3.8) is 0 Å². The second-order valence-corrected chi connectivity index (χ2v) is 9.15. The summed E-state index contributed by atoms with van der Waals surface area (Å²) in [5.74, 6) is 3.95. The van der Waals surface area contributed by atoms with Crippen molar-refractivity contribution in [3.8, 4) is 0 Å². The van der Waals surface area contributed by atoms with Gasteiger partial charge in [-0.15, -0.1) is 0 Å². The number of fused-ring (bicyclic) bond motifs is 1. The van der Waals surface area contributed by atoms with Crippen LogP contribution in [-0.4, -0.2) is 0 Å². The lowest BCUT2D eigenvalue weighted by Crippen LogP contribution is -2.47. The molecule has 2 aliphatic rings. The molecular formula is C18H34. The molecule has 0 bridgehead atoms. The summed E-state index contributed by atoms with van der Waals surface area (Å²) < 4.78 is 0. The van der Waals surface area contributed by atoms with Crippen LogP contribution in [0.15, 0.2) is 0 Å². The Morgan fingerprint density at radius 2 is 1.28 bits per heavy atom. The first-order valence-electron chi connectivity index (χ1n) is 8.21. The highest BCUT2D eigenvalue weighted by molar-refractivity contribution is 4.97. The highest BCUT2D eigenvalue weighted by Crippen LogP contribution is 2.56. The van der Waals surface area contributed by atoms with Gasteiger partial charge in [-0.1, -0.05) is 60.8 Å². The molecule has 0 saturated heterocycles. The zero-order valence-electron chi connectivity index (χ0n) is 13.6. The predicted octanol–water partition coefficient (Wildman–Crippen LogP) is 5.91. The zero-order valence-corrected chi connectivity index (χ0v) is 13.6. The van der Waals surface area contributed by atoms with E-state index < -0.39 is 0 Å². The maximum absolute atomic E-state index is 2.49. The normalized spacial score (nSPS) is 38.3. The van der Waals surface area contributed by atoms with Crippen molar-refractivity contribution < 1.29 is 0 Å². The standard InChI is InChI=1S/C18H34/c1-17(2,3)15-12-11-13-9-7-8-10-14(13)16(15)18(4,5)6/h13-16H,7-12H2,1-6H3. The molecule has 0 spiro atoms. The topological polar surface area (TPSA) is 0 Å². The van der Waals surface area contributed by atoms with E-state index in [0.29, 0.717) is 10.8 Å². The van der Waals surface area contributed by atoms with Gasteiger partial charge in [0.05, 0.1) is 0 Å². The number of hydrogen-bond acceptors (Lipinski definition) is 0. The highest BCUT2D eigenvalue weighted by atomic mass is 14.5. The lowest BCUT2D eigenvalue weighted by Gasteiger charge is -2.55. The van der Waals surface area contributed by atoms with Crippen LogP contribution in [0.4, 0.5) is 0 Å². The van der Waals surface area contributed by atoms with Crippen LogP contribution < -0.4 is 0 Å². The minimum Gasteiger partial charge on any atom is -0.0599 e. The van der Waals surface area contributed by atoms with Crippen molar-refractivity contribution in [1.29, 1.82) is 0 Å². The highest BCUT2D eigenvalue weighted by Gasteiger charge is 2.48. The van der Waals surface area contributed by atoms with Gasteiger partial charge >= 0.3 is 0 Å². The molecule has 4 atom stereocenters. The molecule has 4 unspecified atom stereocenters. The molecule has 0 heteroatoms. The fourth-order valence-electron chi connectivity index (χ4n) is 5.16. The molecule has 0 aliphatic heterocycles. The lowest BCUT2D eigenvalue weighted by atomic mass is 9.50. The van der Waals surface area contributed by atoms with Gasteiger partial charge in [0.2, 0.25) is 0 Å². The Morgan fingerprint density at radius 1 is 0.667 bits per heavy atom. The average Bonchev–Trinajstić information content (AvgIpc) is 2.24. The van der Waals surface area contributed by atoms with Crippen LogP contribution in [0.3, 0.4) is 0 Å². The van der Waals surface area contributed by atoms with Crippen molar-refractivity contribution in [2.75, 3.05) is 0 Å². The molecule has 2 rings (SSSR count). The molecule has 0 nitrogen and oxygen atoms in total. The first-order chi connectivity index (χ1) is 8.21. The Bertz CT molecular complexity index is 275. The SMILES string of the molecule is CC(C)(C)C1CCC2CCCCC2C1C(C)(C)C. The van der Waals surface area contributed by atoms with E-state index in [1.807, 2.05) is 0 Å². The first-order valence-corrected chi connectivity index (χ1v) is 8.21. The molecule has 106 valence electrons. The average molecular weight is 250 g/mol. The van der Waals surface area contributed by atoms with E-state index in [1.165, 1.54) is 38.5 Å². The van der Waals surface area contributed by atoms with E-state index in [0.717, 1.165) is 23.7 Å². The zero-order chi connectivity index (χ0) is 13.6. The first kappa shape index (κ1) is 14.4. The summed E-state index contributed by atoms with van der Waals surface area (Å²) in [4.78, 5) is 0. The summed E-state index contributed by atoms with van der Waals surface area (Å²) >= 11 is 0. The van der Waals surface area contributed by atoms with Crippen molar-refractivity contribution in [3.05, 3.63) is 0 Å². The molecular weight excluding hydrogens is 216 g/mol.